The second kappa shape index (κ2) is 6.39. The molecular formula is C16H19NO3. The summed E-state index contributed by atoms with van der Waals surface area (Å²) < 4.78 is 5.18. The lowest BCUT2D eigenvalue weighted by molar-refractivity contribution is 0.0918. The molecule has 0 bridgehead atoms. The van der Waals surface area contributed by atoms with Crippen molar-refractivity contribution in [1.29, 1.82) is 0 Å². The van der Waals surface area contributed by atoms with Gasteiger partial charge in [-0.25, -0.2) is 0 Å². The van der Waals surface area contributed by atoms with Crippen LogP contribution in [-0.2, 0) is 13.2 Å². The van der Waals surface area contributed by atoms with E-state index in [0.717, 1.165) is 5.56 Å². The molecule has 2 N–H and O–H groups in total. The second-order valence-corrected chi connectivity index (χ2v) is 5.01. The van der Waals surface area contributed by atoms with Gasteiger partial charge < -0.3 is 14.8 Å². The molecule has 1 aromatic heterocycles. The molecule has 1 aromatic carbocycles. The third kappa shape index (κ3) is 3.48. The molecule has 0 aliphatic heterocycles. The molecule has 0 atom stereocenters. The minimum atomic E-state index is -0.278. The fourth-order valence-electron chi connectivity index (χ4n) is 1.92. The van der Waals surface area contributed by atoms with Crippen LogP contribution in [0.3, 0.4) is 0 Å². The van der Waals surface area contributed by atoms with E-state index < -0.39 is 0 Å². The highest BCUT2D eigenvalue weighted by molar-refractivity contribution is 5.91. The van der Waals surface area contributed by atoms with E-state index in [1.54, 1.807) is 12.1 Å². The Morgan fingerprint density at radius 3 is 2.75 bits per heavy atom. The third-order valence-corrected chi connectivity index (χ3v) is 3.11. The van der Waals surface area contributed by atoms with Gasteiger partial charge in [0, 0.05) is 6.54 Å². The summed E-state index contributed by atoms with van der Waals surface area (Å²) in [5, 5.41) is 11.7. The number of carbonyl (C=O) groups excluding carboxylic acids is 1. The Kier molecular flexibility index (Phi) is 4.58. The minimum Gasteiger partial charge on any atom is -0.453 e. The molecule has 0 spiro atoms. The van der Waals surface area contributed by atoms with Crippen molar-refractivity contribution in [3.8, 4) is 0 Å². The lowest BCUT2D eigenvalue weighted by Crippen LogP contribution is -2.22. The molecule has 20 heavy (non-hydrogen) atoms. The number of aliphatic hydroxyl groups excluding tert-OH is 1. The number of rotatable bonds is 5. The van der Waals surface area contributed by atoms with E-state index in [2.05, 4.69) is 31.3 Å². The summed E-state index contributed by atoms with van der Waals surface area (Å²) >= 11 is 0. The molecule has 106 valence electrons. The van der Waals surface area contributed by atoms with Crippen LogP contribution in [0, 0.1) is 0 Å². The van der Waals surface area contributed by atoms with Crippen LogP contribution >= 0.6 is 0 Å². The summed E-state index contributed by atoms with van der Waals surface area (Å²) in [4.78, 5) is 11.9. The average molecular weight is 273 g/mol. The van der Waals surface area contributed by atoms with Crippen molar-refractivity contribution in [2.45, 2.75) is 32.9 Å². The molecule has 4 heteroatoms. The first kappa shape index (κ1) is 14.3. The van der Waals surface area contributed by atoms with Crippen LogP contribution in [-0.4, -0.2) is 11.0 Å². The van der Waals surface area contributed by atoms with Gasteiger partial charge in [-0.3, -0.25) is 4.79 Å². The second-order valence-electron chi connectivity index (χ2n) is 5.01. The molecule has 0 unspecified atom stereocenters. The van der Waals surface area contributed by atoms with E-state index in [1.807, 2.05) is 12.1 Å². The van der Waals surface area contributed by atoms with Crippen LogP contribution in [0.4, 0.5) is 0 Å². The molecule has 1 amide bonds. The highest BCUT2D eigenvalue weighted by atomic mass is 16.4. The smallest absolute Gasteiger partial charge is 0.287 e. The van der Waals surface area contributed by atoms with Gasteiger partial charge in [0.1, 0.15) is 12.4 Å². The minimum absolute atomic E-state index is 0.205. The monoisotopic (exact) mass is 273 g/mol. The van der Waals surface area contributed by atoms with Crippen LogP contribution in [0.2, 0.25) is 0 Å². The molecule has 2 aromatic rings. The van der Waals surface area contributed by atoms with Crippen molar-refractivity contribution in [2.24, 2.45) is 0 Å². The van der Waals surface area contributed by atoms with Gasteiger partial charge in [0.2, 0.25) is 0 Å². The predicted octanol–water partition coefficient (Wildman–Crippen LogP) is 2.83. The first-order valence-electron chi connectivity index (χ1n) is 6.66. The number of carbonyl (C=O) groups is 1. The molecule has 4 nitrogen and oxygen atoms in total. The van der Waals surface area contributed by atoms with Gasteiger partial charge in [0.05, 0.1) is 0 Å². The standard InChI is InChI=1S/C16H19NO3/c1-11(2)13-5-3-4-12(8-13)9-17-16(19)15-7-6-14(10-18)20-15/h3-8,11,18H,9-10H2,1-2H3,(H,17,19). The summed E-state index contributed by atoms with van der Waals surface area (Å²) in [7, 11) is 0. The van der Waals surface area contributed by atoms with Crippen LogP contribution < -0.4 is 5.32 Å². The molecular weight excluding hydrogens is 254 g/mol. The number of nitrogens with one attached hydrogen (secondary N) is 1. The average Bonchev–Trinajstić information content (AvgIpc) is 2.94. The van der Waals surface area contributed by atoms with E-state index in [9.17, 15) is 4.79 Å². The number of benzene rings is 1. The lowest BCUT2D eigenvalue weighted by Gasteiger charge is -2.08. The highest BCUT2D eigenvalue weighted by Crippen LogP contribution is 2.15. The number of amides is 1. The molecule has 0 aliphatic rings. The largest absolute Gasteiger partial charge is 0.453 e. The first-order valence-corrected chi connectivity index (χ1v) is 6.66. The molecule has 0 saturated carbocycles. The third-order valence-electron chi connectivity index (χ3n) is 3.11. The van der Waals surface area contributed by atoms with Gasteiger partial charge in [-0.2, -0.15) is 0 Å². The predicted molar refractivity (Wildman–Crippen MR) is 76.3 cm³/mol. The van der Waals surface area contributed by atoms with Gasteiger partial charge in [0.25, 0.3) is 5.91 Å². The topological polar surface area (TPSA) is 62.5 Å². The van der Waals surface area contributed by atoms with E-state index in [-0.39, 0.29) is 18.3 Å². The van der Waals surface area contributed by atoms with Crippen LogP contribution in [0.15, 0.2) is 40.8 Å². The zero-order valence-corrected chi connectivity index (χ0v) is 11.7. The van der Waals surface area contributed by atoms with Crippen molar-refractivity contribution < 1.29 is 14.3 Å². The number of hydrogen-bond donors (Lipinski definition) is 2. The summed E-state index contributed by atoms with van der Waals surface area (Å²) in [6, 6.07) is 11.3. The molecule has 0 saturated heterocycles. The Morgan fingerprint density at radius 1 is 1.30 bits per heavy atom. The quantitative estimate of drug-likeness (QED) is 0.880. The Hall–Kier alpha value is -2.07. The molecule has 0 radical (unpaired) electrons. The molecule has 2 rings (SSSR count). The first-order chi connectivity index (χ1) is 9.60. The molecule has 0 fully saturated rings. The fourth-order valence-corrected chi connectivity index (χ4v) is 1.92. The van der Waals surface area contributed by atoms with E-state index >= 15 is 0 Å². The zero-order valence-electron chi connectivity index (χ0n) is 11.7. The van der Waals surface area contributed by atoms with Crippen molar-refractivity contribution >= 4 is 5.91 Å². The Bertz CT molecular complexity index is 587. The maximum Gasteiger partial charge on any atom is 0.287 e. The van der Waals surface area contributed by atoms with Gasteiger partial charge in [-0.1, -0.05) is 38.1 Å². The van der Waals surface area contributed by atoms with Crippen LogP contribution in [0.1, 0.15) is 47.2 Å². The van der Waals surface area contributed by atoms with Crippen molar-refractivity contribution in [1.82, 2.24) is 5.32 Å². The van der Waals surface area contributed by atoms with Crippen molar-refractivity contribution in [2.75, 3.05) is 0 Å². The SMILES string of the molecule is CC(C)c1cccc(CNC(=O)c2ccc(CO)o2)c1. The van der Waals surface area contributed by atoms with E-state index in [0.29, 0.717) is 18.2 Å². The van der Waals surface area contributed by atoms with E-state index in [1.165, 1.54) is 5.56 Å². The maximum absolute atomic E-state index is 11.9. The van der Waals surface area contributed by atoms with Crippen molar-refractivity contribution in [3.63, 3.8) is 0 Å². The van der Waals surface area contributed by atoms with Gasteiger partial charge in [-0.15, -0.1) is 0 Å². The lowest BCUT2D eigenvalue weighted by atomic mass is 10.0. The van der Waals surface area contributed by atoms with Crippen LogP contribution in [0.5, 0.6) is 0 Å². The molecule has 0 aliphatic carbocycles. The summed E-state index contributed by atoms with van der Waals surface area (Å²) in [6.07, 6.45) is 0. The van der Waals surface area contributed by atoms with E-state index in [4.69, 9.17) is 9.52 Å². The Morgan fingerprint density at radius 2 is 2.10 bits per heavy atom. The normalized spacial score (nSPS) is 10.8. The van der Waals surface area contributed by atoms with Gasteiger partial charge in [0.15, 0.2) is 5.76 Å². The Labute approximate surface area is 118 Å². The highest BCUT2D eigenvalue weighted by Gasteiger charge is 2.10. The van der Waals surface area contributed by atoms with Gasteiger partial charge >= 0.3 is 0 Å². The number of aliphatic hydroxyl groups is 1. The fraction of sp³-hybridized carbons (Fsp3) is 0.312. The maximum atomic E-state index is 11.9. The Balaban J connectivity index is 1.97. The summed E-state index contributed by atoms with van der Waals surface area (Å²) in [5.41, 5.74) is 2.30. The summed E-state index contributed by atoms with van der Waals surface area (Å²) in [5.74, 6) is 0.786. The number of hydrogen-bond acceptors (Lipinski definition) is 3. The van der Waals surface area contributed by atoms with Gasteiger partial charge in [-0.05, 0) is 29.2 Å². The van der Waals surface area contributed by atoms with Crippen molar-refractivity contribution in [3.05, 3.63) is 59.0 Å². The summed E-state index contributed by atoms with van der Waals surface area (Å²) in [6.45, 7) is 4.52. The van der Waals surface area contributed by atoms with Crippen LogP contribution in [0.25, 0.3) is 0 Å². The zero-order chi connectivity index (χ0) is 14.5. The number of furan rings is 1. The molecule has 1 heterocycles.